The van der Waals surface area contributed by atoms with Gasteiger partial charge >= 0.3 is 0 Å². The van der Waals surface area contributed by atoms with Gasteiger partial charge in [-0.05, 0) is 35.2 Å². The molecule has 4 nitrogen and oxygen atoms in total. The lowest BCUT2D eigenvalue weighted by Crippen LogP contribution is -2.11. The first-order valence-electron chi connectivity index (χ1n) is 6.09. The van der Waals surface area contributed by atoms with Crippen molar-refractivity contribution in [3.05, 3.63) is 58.3 Å². The summed E-state index contributed by atoms with van der Waals surface area (Å²) in [7, 11) is 0. The first-order valence-corrected chi connectivity index (χ1v) is 6.09. The average molecular weight is 256 g/mol. The first kappa shape index (κ1) is 13.2. The molecule has 0 unspecified atom stereocenters. The molecular weight excluding hydrogens is 240 g/mol. The number of nitro groups is 1. The fraction of sp³-hybridized carbons (Fsp3) is 0.267. The Bertz CT molecular complexity index is 598. The predicted molar refractivity (Wildman–Crippen MR) is 75.0 cm³/mol. The monoisotopic (exact) mass is 256 g/mol. The first-order chi connectivity index (χ1) is 8.88. The summed E-state index contributed by atoms with van der Waals surface area (Å²) in [5.41, 5.74) is 3.06. The molecule has 0 aliphatic rings. The van der Waals surface area contributed by atoms with E-state index in [0.717, 1.165) is 11.3 Å². The molecule has 2 rings (SSSR count). The molecule has 1 heterocycles. The van der Waals surface area contributed by atoms with E-state index in [1.807, 2.05) is 12.1 Å². The fourth-order valence-corrected chi connectivity index (χ4v) is 1.81. The molecule has 1 aromatic heterocycles. The molecule has 0 aliphatic heterocycles. The summed E-state index contributed by atoms with van der Waals surface area (Å²) in [6.07, 6.45) is 1.78. The summed E-state index contributed by atoms with van der Waals surface area (Å²) < 4.78 is 0. The number of hydrogen-bond donors (Lipinski definition) is 0. The van der Waals surface area contributed by atoms with Crippen LogP contribution in [0.4, 0.5) is 5.69 Å². The van der Waals surface area contributed by atoms with E-state index in [2.05, 4.69) is 25.8 Å². The standard InChI is InChI=1S/C15H16N2O2/c1-15(2,3)12-8-9-16-14(10-12)11-4-6-13(7-5-11)17(18)19/h4-10H,1-3H3. The van der Waals surface area contributed by atoms with E-state index in [-0.39, 0.29) is 11.1 Å². The molecule has 0 atom stereocenters. The molecule has 0 saturated carbocycles. The van der Waals surface area contributed by atoms with Crippen LogP contribution in [-0.2, 0) is 5.41 Å². The maximum atomic E-state index is 10.6. The van der Waals surface area contributed by atoms with Gasteiger partial charge in [0.15, 0.2) is 0 Å². The molecule has 0 amide bonds. The Morgan fingerprint density at radius 2 is 1.74 bits per heavy atom. The molecule has 0 aliphatic carbocycles. The zero-order valence-electron chi connectivity index (χ0n) is 11.3. The van der Waals surface area contributed by atoms with Crippen LogP contribution in [0.3, 0.4) is 0 Å². The van der Waals surface area contributed by atoms with Crippen molar-refractivity contribution in [1.29, 1.82) is 0 Å². The summed E-state index contributed by atoms with van der Waals surface area (Å²) in [5.74, 6) is 0. The summed E-state index contributed by atoms with van der Waals surface area (Å²) in [6, 6.07) is 10.5. The Kier molecular flexibility index (Phi) is 3.34. The zero-order valence-corrected chi connectivity index (χ0v) is 11.3. The number of hydrogen-bond acceptors (Lipinski definition) is 3. The summed E-state index contributed by atoms with van der Waals surface area (Å²) in [5, 5.41) is 10.6. The van der Waals surface area contributed by atoms with Gasteiger partial charge in [0.25, 0.3) is 5.69 Å². The molecule has 0 fully saturated rings. The third-order valence-electron chi connectivity index (χ3n) is 3.00. The minimum Gasteiger partial charge on any atom is -0.258 e. The van der Waals surface area contributed by atoms with Gasteiger partial charge in [0.05, 0.1) is 10.6 Å². The van der Waals surface area contributed by atoms with Crippen molar-refractivity contribution in [3.8, 4) is 11.3 Å². The maximum Gasteiger partial charge on any atom is 0.269 e. The Morgan fingerprint density at radius 3 is 2.26 bits per heavy atom. The van der Waals surface area contributed by atoms with Crippen molar-refractivity contribution in [2.24, 2.45) is 0 Å². The van der Waals surface area contributed by atoms with Gasteiger partial charge < -0.3 is 0 Å². The summed E-state index contributed by atoms with van der Waals surface area (Å²) in [6.45, 7) is 6.42. The quantitative estimate of drug-likeness (QED) is 0.603. The van der Waals surface area contributed by atoms with E-state index in [1.165, 1.54) is 17.7 Å². The Morgan fingerprint density at radius 1 is 1.11 bits per heavy atom. The van der Waals surface area contributed by atoms with Crippen LogP contribution in [0.1, 0.15) is 26.3 Å². The van der Waals surface area contributed by atoms with Crippen LogP contribution < -0.4 is 0 Å². The highest BCUT2D eigenvalue weighted by molar-refractivity contribution is 5.61. The number of pyridine rings is 1. The molecule has 19 heavy (non-hydrogen) atoms. The van der Waals surface area contributed by atoms with E-state index in [4.69, 9.17) is 0 Å². The Labute approximate surface area is 112 Å². The minimum atomic E-state index is -0.400. The van der Waals surface area contributed by atoms with E-state index in [9.17, 15) is 10.1 Å². The van der Waals surface area contributed by atoms with Gasteiger partial charge in [-0.15, -0.1) is 0 Å². The van der Waals surface area contributed by atoms with Crippen molar-refractivity contribution in [2.75, 3.05) is 0 Å². The third kappa shape index (κ3) is 2.96. The van der Waals surface area contributed by atoms with Crippen LogP contribution in [0.5, 0.6) is 0 Å². The van der Waals surface area contributed by atoms with Gasteiger partial charge in [-0.2, -0.15) is 0 Å². The summed E-state index contributed by atoms with van der Waals surface area (Å²) >= 11 is 0. The topological polar surface area (TPSA) is 56.0 Å². The molecule has 0 bridgehead atoms. The number of nitrogens with zero attached hydrogens (tertiary/aromatic N) is 2. The average Bonchev–Trinajstić information content (AvgIpc) is 2.38. The van der Waals surface area contributed by atoms with Crippen LogP contribution in [0, 0.1) is 10.1 Å². The Hall–Kier alpha value is -2.23. The highest BCUT2D eigenvalue weighted by Gasteiger charge is 2.14. The molecule has 0 N–H and O–H groups in total. The number of aromatic nitrogens is 1. The lowest BCUT2D eigenvalue weighted by molar-refractivity contribution is -0.384. The van der Waals surface area contributed by atoms with Crippen molar-refractivity contribution in [2.45, 2.75) is 26.2 Å². The molecule has 0 radical (unpaired) electrons. The zero-order chi connectivity index (χ0) is 14.0. The number of nitro benzene ring substituents is 1. The van der Waals surface area contributed by atoms with Gasteiger partial charge in [0.1, 0.15) is 0 Å². The van der Waals surface area contributed by atoms with Crippen LogP contribution in [0.2, 0.25) is 0 Å². The lowest BCUT2D eigenvalue weighted by atomic mass is 9.87. The van der Waals surface area contributed by atoms with Gasteiger partial charge in [0, 0.05) is 23.9 Å². The molecule has 0 spiro atoms. The molecule has 98 valence electrons. The number of non-ortho nitro benzene ring substituents is 1. The summed E-state index contributed by atoms with van der Waals surface area (Å²) in [4.78, 5) is 14.6. The van der Waals surface area contributed by atoms with Crippen molar-refractivity contribution in [1.82, 2.24) is 4.98 Å². The second-order valence-corrected chi connectivity index (χ2v) is 5.48. The fourth-order valence-electron chi connectivity index (χ4n) is 1.81. The highest BCUT2D eigenvalue weighted by Crippen LogP contribution is 2.26. The van der Waals surface area contributed by atoms with Crippen LogP contribution in [0.15, 0.2) is 42.6 Å². The molecule has 1 aromatic carbocycles. The molecule has 4 heteroatoms. The maximum absolute atomic E-state index is 10.6. The normalized spacial score (nSPS) is 11.3. The lowest BCUT2D eigenvalue weighted by Gasteiger charge is -2.19. The molecular formula is C15H16N2O2. The van der Waals surface area contributed by atoms with Crippen LogP contribution >= 0.6 is 0 Å². The van der Waals surface area contributed by atoms with Gasteiger partial charge in [-0.3, -0.25) is 15.1 Å². The smallest absolute Gasteiger partial charge is 0.258 e. The van der Waals surface area contributed by atoms with Gasteiger partial charge in [0.2, 0.25) is 0 Å². The SMILES string of the molecule is CC(C)(C)c1ccnc(-c2ccc([N+](=O)[O-])cc2)c1. The highest BCUT2D eigenvalue weighted by atomic mass is 16.6. The van der Waals surface area contributed by atoms with E-state index >= 15 is 0 Å². The van der Waals surface area contributed by atoms with Gasteiger partial charge in [-0.1, -0.05) is 20.8 Å². The van der Waals surface area contributed by atoms with Crippen LogP contribution in [0.25, 0.3) is 11.3 Å². The second-order valence-electron chi connectivity index (χ2n) is 5.48. The van der Waals surface area contributed by atoms with Crippen molar-refractivity contribution in [3.63, 3.8) is 0 Å². The molecule has 0 saturated heterocycles. The van der Waals surface area contributed by atoms with E-state index < -0.39 is 4.92 Å². The predicted octanol–water partition coefficient (Wildman–Crippen LogP) is 3.95. The second kappa shape index (κ2) is 4.80. The van der Waals surface area contributed by atoms with Crippen molar-refractivity contribution < 1.29 is 4.92 Å². The van der Waals surface area contributed by atoms with Crippen LogP contribution in [-0.4, -0.2) is 9.91 Å². The van der Waals surface area contributed by atoms with E-state index in [1.54, 1.807) is 18.3 Å². The van der Waals surface area contributed by atoms with Crippen molar-refractivity contribution >= 4 is 5.69 Å². The van der Waals surface area contributed by atoms with E-state index in [0.29, 0.717) is 0 Å². The third-order valence-corrected chi connectivity index (χ3v) is 3.00. The largest absolute Gasteiger partial charge is 0.269 e. The van der Waals surface area contributed by atoms with Gasteiger partial charge in [-0.25, -0.2) is 0 Å². The molecule has 2 aromatic rings. The Balaban J connectivity index is 2.39. The minimum absolute atomic E-state index is 0.0540. The number of rotatable bonds is 2. The number of benzene rings is 1.